The van der Waals surface area contributed by atoms with Crippen LogP contribution < -0.4 is 5.32 Å². The van der Waals surface area contributed by atoms with Gasteiger partial charge in [0.2, 0.25) is 0 Å². The molecule has 1 N–H and O–H groups in total. The smallest absolute Gasteiger partial charge is 0.254 e. The normalized spacial score (nSPS) is 9.94. The fourth-order valence-electron chi connectivity index (χ4n) is 1.22. The number of hydrogen-bond acceptors (Lipinski definition) is 2. The minimum Gasteiger partial charge on any atom is -0.345 e. The molecule has 1 rings (SSSR count). The van der Waals surface area contributed by atoms with Crippen molar-refractivity contribution < 1.29 is 14.0 Å². The Labute approximate surface area is 93.7 Å². The molecule has 0 aliphatic heterocycles. The molecule has 0 aromatic heterocycles. The van der Waals surface area contributed by atoms with Crippen molar-refractivity contribution in [1.29, 1.82) is 0 Å². The third-order valence-corrected chi connectivity index (χ3v) is 2.28. The summed E-state index contributed by atoms with van der Waals surface area (Å²) in [7, 11) is 0. The van der Waals surface area contributed by atoms with E-state index in [2.05, 4.69) is 5.32 Å². The third-order valence-electron chi connectivity index (χ3n) is 2.28. The highest BCUT2D eigenvalue weighted by atomic mass is 19.1. The summed E-state index contributed by atoms with van der Waals surface area (Å²) in [4.78, 5) is 22.5. The van der Waals surface area contributed by atoms with Crippen molar-refractivity contribution >= 4 is 11.7 Å². The summed E-state index contributed by atoms with van der Waals surface area (Å²) in [6.07, 6.45) is 0.358. The Balaban J connectivity index is 2.74. The topological polar surface area (TPSA) is 46.2 Å². The fourth-order valence-corrected chi connectivity index (χ4v) is 1.22. The molecule has 0 aliphatic rings. The van der Waals surface area contributed by atoms with Gasteiger partial charge in [-0.2, -0.15) is 0 Å². The molecular formula is C12H14FNO2. The molecule has 4 heteroatoms. The quantitative estimate of drug-likeness (QED) is 0.846. The van der Waals surface area contributed by atoms with Crippen LogP contribution in [0.15, 0.2) is 18.2 Å². The van der Waals surface area contributed by atoms with Crippen molar-refractivity contribution in [3.05, 3.63) is 35.1 Å². The zero-order valence-corrected chi connectivity index (χ0v) is 9.34. The number of rotatable bonds is 4. The first-order valence-corrected chi connectivity index (χ1v) is 5.11. The minimum atomic E-state index is -0.553. The van der Waals surface area contributed by atoms with E-state index in [1.54, 1.807) is 26.0 Å². The van der Waals surface area contributed by atoms with Gasteiger partial charge in [-0.05, 0) is 18.6 Å². The van der Waals surface area contributed by atoms with E-state index in [0.717, 1.165) is 0 Å². The molecule has 1 aromatic rings. The van der Waals surface area contributed by atoms with E-state index >= 15 is 0 Å². The Bertz CT molecular complexity index is 415. The maximum atomic E-state index is 13.5. The van der Waals surface area contributed by atoms with Gasteiger partial charge < -0.3 is 5.32 Å². The SMILES string of the molecule is CCC(=O)CNC(=O)c1cccc(C)c1F. The Hall–Kier alpha value is -1.71. The lowest BCUT2D eigenvalue weighted by Gasteiger charge is -2.06. The number of hydrogen-bond donors (Lipinski definition) is 1. The summed E-state index contributed by atoms with van der Waals surface area (Å²) in [6.45, 7) is 3.24. The molecule has 16 heavy (non-hydrogen) atoms. The van der Waals surface area contributed by atoms with Gasteiger partial charge in [-0.15, -0.1) is 0 Å². The maximum absolute atomic E-state index is 13.5. The second kappa shape index (κ2) is 5.39. The van der Waals surface area contributed by atoms with Crippen LogP contribution in [0, 0.1) is 12.7 Å². The standard InChI is InChI=1S/C12H14FNO2/c1-3-9(15)7-14-12(16)10-6-4-5-8(2)11(10)13/h4-6H,3,7H2,1-2H3,(H,14,16). The van der Waals surface area contributed by atoms with E-state index in [-0.39, 0.29) is 17.9 Å². The molecule has 0 bridgehead atoms. The molecule has 86 valence electrons. The molecule has 0 fully saturated rings. The second-order valence-corrected chi connectivity index (χ2v) is 3.51. The number of aryl methyl sites for hydroxylation is 1. The second-order valence-electron chi connectivity index (χ2n) is 3.51. The summed E-state index contributed by atoms with van der Waals surface area (Å²) < 4.78 is 13.5. The Morgan fingerprint density at radius 2 is 2.06 bits per heavy atom. The van der Waals surface area contributed by atoms with Crippen molar-refractivity contribution in [3.8, 4) is 0 Å². The predicted molar refractivity (Wildman–Crippen MR) is 58.8 cm³/mol. The maximum Gasteiger partial charge on any atom is 0.254 e. The van der Waals surface area contributed by atoms with Gasteiger partial charge >= 0.3 is 0 Å². The van der Waals surface area contributed by atoms with Crippen LogP contribution in [0.2, 0.25) is 0 Å². The number of amides is 1. The van der Waals surface area contributed by atoms with E-state index in [0.29, 0.717) is 12.0 Å². The molecule has 0 saturated heterocycles. The molecule has 0 spiro atoms. The highest BCUT2D eigenvalue weighted by Gasteiger charge is 2.13. The van der Waals surface area contributed by atoms with E-state index < -0.39 is 11.7 Å². The van der Waals surface area contributed by atoms with Gasteiger partial charge in [-0.25, -0.2) is 4.39 Å². The Morgan fingerprint density at radius 1 is 1.38 bits per heavy atom. The highest BCUT2D eigenvalue weighted by Crippen LogP contribution is 2.11. The zero-order chi connectivity index (χ0) is 12.1. The van der Waals surface area contributed by atoms with Gasteiger partial charge in [0.05, 0.1) is 12.1 Å². The number of ketones is 1. The molecule has 1 aromatic carbocycles. The van der Waals surface area contributed by atoms with Crippen molar-refractivity contribution in [2.75, 3.05) is 6.54 Å². The molecule has 1 amide bonds. The third kappa shape index (κ3) is 2.89. The lowest BCUT2D eigenvalue weighted by Crippen LogP contribution is -2.29. The van der Waals surface area contributed by atoms with E-state index in [1.165, 1.54) is 6.07 Å². The Morgan fingerprint density at radius 3 is 2.69 bits per heavy atom. The molecule has 0 saturated carbocycles. The molecule has 3 nitrogen and oxygen atoms in total. The monoisotopic (exact) mass is 223 g/mol. The lowest BCUT2D eigenvalue weighted by atomic mass is 10.1. The Kier molecular flexibility index (Phi) is 4.17. The number of benzene rings is 1. The first-order valence-electron chi connectivity index (χ1n) is 5.11. The number of nitrogens with one attached hydrogen (secondary N) is 1. The number of Topliss-reactive ketones (excluding diaryl/α,β-unsaturated/α-hetero) is 1. The van der Waals surface area contributed by atoms with Gasteiger partial charge in [0.25, 0.3) is 5.91 Å². The van der Waals surface area contributed by atoms with Crippen molar-refractivity contribution in [2.45, 2.75) is 20.3 Å². The van der Waals surface area contributed by atoms with Crippen LogP contribution in [-0.4, -0.2) is 18.2 Å². The first kappa shape index (κ1) is 12.4. The molecule has 0 atom stereocenters. The summed E-state index contributed by atoms with van der Waals surface area (Å²) in [6, 6.07) is 4.59. The summed E-state index contributed by atoms with van der Waals surface area (Å²) in [5.74, 6) is -1.17. The van der Waals surface area contributed by atoms with Crippen LogP contribution in [0.3, 0.4) is 0 Å². The summed E-state index contributed by atoms with van der Waals surface area (Å²) in [5, 5.41) is 2.39. The fraction of sp³-hybridized carbons (Fsp3) is 0.333. The van der Waals surface area contributed by atoms with Gasteiger partial charge in [0.15, 0.2) is 5.78 Å². The van der Waals surface area contributed by atoms with E-state index in [4.69, 9.17) is 0 Å². The highest BCUT2D eigenvalue weighted by molar-refractivity contribution is 5.97. The largest absolute Gasteiger partial charge is 0.345 e. The van der Waals surface area contributed by atoms with Crippen LogP contribution in [0.5, 0.6) is 0 Å². The van der Waals surface area contributed by atoms with Crippen LogP contribution in [-0.2, 0) is 4.79 Å². The van der Waals surface area contributed by atoms with Gasteiger partial charge in [0, 0.05) is 6.42 Å². The molecule has 0 unspecified atom stereocenters. The van der Waals surface area contributed by atoms with Crippen molar-refractivity contribution in [3.63, 3.8) is 0 Å². The van der Waals surface area contributed by atoms with E-state index in [1.807, 2.05) is 0 Å². The number of carbonyl (C=O) groups excluding carboxylic acids is 2. The number of halogens is 1. The molecule has 0 aliphatic carbocycles. The van der Waals surface area contributed by atoms with Crippen LogP contribution >= 0.6 is 0 Å². The first-order chi connectivity index (χ1) is 7.56. The summed E-state index contributed by atoms with van der Waals surface area (Å²) in [5.41, 5.74) is 0.387. The van der Waals surface area contributed by atoms with Gasteiger partial charge in [-0.1, -0.05) is 19.1 Å². The lowest BCUT2D eigenvalue weighted by molar-refractivity contribution is -0.117. The van der Waals surface area contributed by atoms with E-state index in [9.17, 15) is 14.0 Å². The average Bonchev–Trinajstić information content (AvgIpc) is 2.29. The average molecular weight is 223 g/mol. The molecular weight excluding hydrogens is 209 g/mol. The predicted octanol–water partition coefficient (Wildman–Crippen LogP) is 1.84. The van der Waals surface area contributed by atoms with Crippen LogP contribution in [0.1, 0.15) is 29.3 Å². The number of carbonyl (C=O) groups is 2. The molecule has 0 radical (unpaired) electrons. The zero-order valence-electron chi connectivity index (χ0n) is 9.34. The van der Waals surface area contributed by atoms with Crippen LogP contribution in [0.25, 0.3) is 0 Å². The minimum absolute atomic E-state index is 0.0242. The van der Waals surface area contributed by atoms with Gasteiger partial charge in [0.1, 0.15) is 5.82 Å². The van der Waals surface area contributed by atoms with Gasteiger partial charge in [-0.3, -0.25) is 9.59 Å². The van der Waals surface area contributed by atoms with Crippen molar-refractivity contribution in [2.24, 2.45) is 0 Å². The molecule has 0 heterocycles. The van der Waals surface area contributed by atoms with Crippen LogP contribution in [0.4, 0.5) is 4.39 Å². The summed E-state index contributed by atoms with van der Waals surface area (Å²) >= 11 is 0. The van der Waals surface area contributed by atoms with Crippen molar-refractivity contribution in [1.82, 2.24) is 5.32 Å².